The van der Waals surface area contributed by atoms with Crippen LogP contribution in [0.5, 0.6) is 5.75 Å². The Morgan fingerprint density at radius 1 is 1.14 bits per heavy atom. The van der Waals surface area contributed by atoms with E-state index >= 15 is 0 Å². The van der Waals surface area contributed by atoms with Crippen molar-refractivity contribution in [3.63, 3.8) is 0 Å². The summed E-state index contributed by atoms with van der Waals surface area (Å²) in [6, 6.07) is 7.67. The maximum atomic E-state index is 12.6. The van der Waals surface area contributed by atoms with Crippen molar-refractivity contribution in [3.8, 4) is 5.75 Å². The number of thioether (sulfide) groups is 1. The van der Waals surface area contributed by atoms with Crippen LogP contribution in [-0.4, -0.2) is 48.1 Å². The Morgan fingerprint density at radius 2 is 1.83 bits per heavy atom. The minimum absolute atomic E-state index is 0.0137. The number of ether oxygens (including phenoxy) is 3. The summed E-state index contributed by atoms with van der Waals surface area (Å²) in [6.45, 7) is 5.35. The lowest BCUT2D eigenvalue weighted by Crippen LogP contribution is -2.34. The summed E-state index contributed by atoms with van der Waals surface area (Å²) in [5.41, 5.74) is 1.54. The Hall–Kier alpha value is -2.61. The van der Waals surface area contributed by atoms with E-state index < -0.39 is 16.3 Å². The van der Waals surface area contributed by atoms with Crippen LogP contribution in [0.2, 0.25) is 0 Å². The van der Waals surface area contributed by atoms with Gasteiger partial charge in [-0.15, -0.1) is 11.8 Å². The molecule has 3 rings (SSSR count). The summed E-state index contributed by atoms with van der Waals surface area (Å²) in [7, 11) is 2.98. The molecule has 1 aliphatic carbocycles. The van der Waals surface area contributed by atoms with E-state index in [0.29, 0.717) is 23.6 Å². The molecule has 0 saturated carbocycles. The van der Waals surface area contributed by atoms with Crippen molar-refractivity contribution >= 4 is 35.2 Å². The topological polar surface area (TPSA) is 86.6 Å². The minimum atomic E-state index is -0.925. The number of benzene rings is 1. The molecule has 0 spiro atoms. The molecule has 8 heteroatoms. The molecule has 0 fully saturated rings. The largest absolute Gasteiger partial charge is 0.497 e. The van der Waals surface area contributed by atoms with Crippen LogP contribution >= 0.6 is 11.8 Å². The minimum Gasteiger partial charge on any atom is -0.497 e. The standard InChI is InChI=1S/C21H24N2O5S/c1-20(2,3)28-18(24)17-22-15-10-21(19(25)27-5,11-16(15)23-17)29-12-13-6-8-14(26-4)9-7-13/h6-10H,11-12H2,1-5H3. The first-order valence-electron chi connectivity index (χ1n) is 9.14. The second-order valence-electron chi connectivity index (χ2n) is 7.72. The van der Waals surface area contributed by atoms with Crippen LogP contribution in [0, 0.1) is 0 Å². The van der Waals surface area contributed by atoms with Gasteiger partial charge in [0.15, 0.2) is 0 Å². The maximum Gasteiger partial charge on any atom is 0.376 e. The smallest absolute Gasteiger partial charge is 0.376 e. The van der Waals surface area contributed by atoms with Gasteiger partial charge in [0.25, 0.3) is 0 Å². The summed E-state index contributed by atoms with van der Waals surface area (Å²) >= 11 is 1.45. The van der Waals surface area contributed by atoms with Gasteiger partial charge in [0.1, 0.15) is 16.1 Å². The van der Waals surface area contributed by atoms with Gasteiger partial charge in [0, 0.05) is 12.2 Å². The first-order chi connectivity index (χ1) is 13.7. The second kappa shape index (κ2) is 8.02. The molecule has 29 heavy (non-hydrogen) atoms. The first-order valence-corrected chi connectivity index (χ1v) is 10.1. The molecule has 0 amide bonds. The molecule has 1 aliphatic heterocycles. The van der Waals surface area contributed by atoms with Crippen molar-refractivity contribution in [1.82, 2.24) is 0 Å². The van der Waals surface area contributed by atoms with Gasteiger partial charge < -0.3 is 14.2 Å². The fraction of sp³-hybridized carbons (Fsp3) is 0.429. The van der Waals surface area contributed by atoms with Crippen LogP contribution in [0.15, 0.2) is 46.0 Å². The molecule has 154 valence electrons. The zero-order valence-corrected chi connectivity index (χ0v) is 18.0. The zero-order valence-electron chi connectivity index (χ0n) is 17.1. The Kier molecular flexibility index (Phi) is 5.84. The lowest BCUT2D eigenvalue weighted by molar-refractivity contribution is -0.146. The van der Waals surface area contributed by atoms with Crippen molar-refractivity contribution < 1.29 is 23.8 Å². The van der Waals surface area contributed by atoms with E-state index in [9.17, 15) is 9.59 Å². The molecule has 1 heterocycles. The van der Waals surface area contributed by atoms with Gasteiger partial charge in [0.05, 0.1) is 25.6 Å². The maximum absolute atomic E-state index is 12.6. The number of fused-ring (bicyclic) bond motifs is 1. The molecule has 0 radical (unpaired) electrons. The molecule has 1 aromatic carbocycles. The Balaban J connectivity index is 1.78. The third-order valence-corrected chi connectivity index (χ3v) is 5.75. The zero-order chi connectivity index (χ0) is 21.2. The molecular weight excluding hydrogens is 392 g/mol. The molecular formula is C21H24N2O5S. The SMILES string of the molecule is COC(=O)C1(SCc2ccc(OC)cc2)C=C2N=C(C(=O)OC(C)(C)C)N=C2C1. The number of carbonyl (C=O) groups is 2. The number of rotatable bonds is 6. The molecule has 1 aromatic rings. The predicted octanol–water partition coefficient (Wildman–Crippen LogP) is 3.32. The average Bonchev–Trinajstić information content (AvgIpc) is 3.22. The van der Waals surface area contributed by atoms with Crippen LogP contribution in [-0.2, 0) is 24.8 Å². The number of methoxy groups -OCH3 is 2. The van der Waals surface area contributed by atoms with Crippen molar-refractivity contribution in [3.05, 3.63) is 41.6 Å². The molecule has 0 N–H and O–H groups in total. The highest BCUT2D eigenvalue weighted by atomic mass is 32.2. The van der Waals surface area contributed by atoms with Crippen molar-refractivity contribution in [2.24, 2.45) is 9.98 Å². The second-order valence-corrected chi connectivity index (χ2v) is 9.03. The molecule has 1 atom stereocenters. The van der Waals surface area contributed by atoms with Gasteiger partial charge in [-0.3, -0.25) is 4.79 Å². The Labute approximate surface area is 174 Å². The third kappa shape index (κ3) is 4.70. The third-order valence-electron chi connectivity index (χ3n) is 4.33. The molecule has 0 saturated heterocycles. The fourth-order valence-corrected chi connectivity index (χ4v) is 4.21. The Morgan fingerprint density at radius 3 is 2.38 bits per heavy atom. The number of nitrogens with zero attached hydrogens (tertiary/aromatic N) is 2. The Bertz CT molecular complexity index is 912. The summed E-state index contributed by atoms with van der Waals surface area (Å²) < 4.78 is 14.6. The lowest BCUT2D eigenvalue weighted by atomic mass is 10.1. The molecule has 0 bridgehead atoms. The summed E-state index contributed by atoms with van der Waals surface area (Å²) in [5, 5.41) is 0. The summed E-state index contributed by atoms with van der Waals surface area (Å²) in [5.74, 6) is 0.445. The molecule has 0 aromatic heterocycles. The number of hydrogen-bond donors (Lipinski definition) is 0. The van der Waals surface area contributed by atoms with Crippen LogP contribution in [0.4, 0.5) is 0 Å². The van der Waals surface area contributed by atoms with Gasteiger partial charge in [0.2, 0.25) is 5.84 Å². The van der Waals surface area contributed by atoms with E-state index in [1.54, 1.807) is 34.0 Å². The van der Waals surface area contributed by atoms with Gasteiger partial charge in [-0.25, -0.2) is 14.8 Å². The summed E-state index contributed by atoms with van der Waals surface area (Å²) in [4.78, 5) is 33.4. The predicted molar refractivity (Wildman–Crippen MR) is 112 cm³/mol. The number of esters is 2. The van der Waals surface area contributed by atoms with Gasteiger partial charge in [-0.05, 0) is 44.5 Å². The van der Waals surface area contributed by atoms with Crippen molar-refractivity contribution in [1.29, 1.82) is 0 Å². The van der Waals surface area contributed by atoms with E-state index in [2.05, 4.69) is 9.98 Å². The average molecular weight is 416 g/mol. The fourth-order valence-electron chi connectivity index (χ4n) is 2.96. The monoisotopic (exact) mass is 416 g/mol. The number of carbonyl (C=O) groups excluding carboxylic acids is 2. The van der Waals surface area contributed by atoms with Crippen molar-refractivity contribution in [2.75, 3.05) is 14.2 Å². The van der Waals surface area contributed by atoms with Gasteiger partial charge >= 0.3 is 11.9 Å². The van der Waals surface area contributed by atoms with Crippen LogP contribution in [0.25, 0.3) is 0 Å². The first kappa shape index (κ1) is 21.1. The highest BCUT2D eigenvalue weighted by molar-refractivity contribution is 8.00. The van der Waals surface area contributed by atoms with Crippen molar-refractivity contribution in [2.45, 2.75) is 43.3 Å². The highest BCUT2D eigenvalue weighted by Crippen LogP contribution is 2.43. The molecule has 2 aliphatic rings. The highest BCUT2D eigenvalue weighted by Gasteiger charge is 2.47. The summed E-state index contributed by atoms with van der Waals surface area (Å²) in [6.07, 6.45) is 2.05. The quantitative estimate of drug-likeness (QED) is 0.661. The van der Waals surface area contributed by atoms with E-state index in [4.69, 9.17) is 14.2 Å². The number of hydrogen-bond acceptors (Lipinski definition) is 8. The molecule has 7 nitrogen and oxygen atoms in total. The normalized spacial score (nSPS) is 20.4. The lowest BCUT2D eigenvalue weighted by Gasteiger charge is -2.23. The van der Waals surface area contributed by atoms with Crippen LogP contribution in [0.1, 0.15) is 32.8 Å². The van der Waals surface area contributed by atoms with Gasteiger partial charge in [-0.1, -0.05) is 12.1 Å². The van der Waals surface area contributed by atoms with Crippen LogP contribution < -0.4 is 4.74 Å². The number of aliphatic imine (C=N–C) groups is 2. The van der Waals surface area contributed by atoms with E-state index in [0.717, 1.165) is 11.3 Å². The van der Waals surface area contributed by atoms with Gasteiger partial charge in [-0.2, -0.15) is 0 Å². The number of amidine groups is 1. The van der Waals surface area contributed by atoms with E-state index in [-0.39, 0.29) is 11.8 Å². The van der Waals surface area contributed by atoms with Crippen LogP contribution in [0.3, 0.4) is 0 Å². The van der Waals surface area contributed by atoms with E-state index in [1.807, 2.05) is 24.3 Å². The van der Waals surface area contributed by atoms with E-state index in [1.165, 1.54) is 18.9 Å². The number of allylic oxidation sites excluding steroid dienone is 1. The molecule has 1 unspecified atom stereocenters.